The van der Waals surface area contributed by atoms with Crippen LogP contribution in [-0.4, -0.2) is 19.8 Å². The number of rotatable bonds is 5. The molecule has 2 aromatic heterocycles. The number of hydrogen-bond acceptors (Lipinski definition) is 2. The molecule has 6 nitrogen and oxygen atoms in total. The lowest BCUT2D eigenvalue weighted by Crippen LogP contribution is -2.20. The second-order valence-corrected chi connectivity index (χ2v) is 7.79. The van der Waals surface area contributed by atoms with Crippen molar-refractivity contribution in [2.45, 2.75) is 27.3 Å². The highest BCUT2D eigenvalue weighted by atomic mass is 16.1. The number of aromatic nitrogens is 3. The van der Waals surface area contributed by atoms with Crippen LogP contribution in [-0.2, 0) is 13.6 Å². The van der Waals surface area contributed by atoms with Gasteiger partial charge in [0.25, 0.3) is 11.5 Å². The zero-order valence-electron chi connectivity index (χ0n) is 18.2. The van der Waals surface area contributed by atoms with E-state index in [1.54, 1.807) is 4.68 Å². The SMILES string of the molecule is Cc1c(C(N)=O)c(-c2c(C)n(C)n(-c3ccccc3)c2=O)c(C)n1Cc1ccccc1. The summed E-state index contributed by atoms with van der Waals surface area (Å²) >= 11 is 0. The quantitative estimate of drug-likeness (QED) is 0.540. The molecule has 0 aliphatic carbocycles. The van der Waals surface area contributed by atoms with E-state index in [0.29, 0.717) is 23.2 Å². The van der Waals surface area contributed by atoms with Gasteiger partial charge in [-0.1, -0.05) is 48.5 Å². The smallest absolute Gasteiger partial charge is 0.279 e. The molecule has 4 rings (SSSR count). The standard InChI is InChI=1S/C25H26N4O2/c1-16-23(25(31)29(27(16)4)20-13-9-6-10-14-20)21-17(2)28(18(3)22(21)24(26)30)15-19-11-7-5-8-12-19/h5-14H,15H2,1-4H3,(H2,26,30). The average Bonchev–Trinajstić information content (AvgIpc) is 3.13. The van der Waals surface area contributed by atoms with E-state index in [1.807, 2.05) is 93.2 Å². The summed E-state index contributed by atoms with van der Waals surface area (Å²) in [7, 11) is 1.85. The average molecular weight is 415 g/mol. The molecule has 0 radical (unpaired) electrons. The third-order valence-corrected chi connectivity index (χ3v) is 6.02. The molecule has 0 saturated heterocycles. The van der Waals surface area contributed by atoms with E-state index in [1.165, 1.54) is 0 Å². The van der Waals surface area contributed by atoms with Gasteiger partial charge in [-0.05, 0) is 38.5 Å². The zero-order valence-corrected chi connectivity index (χ0v) is 18.2. The van der Waals surface area contributed by atoms with Crippen molar-refractivity contribution in [3.05, 3.63) is 99.2 Å². The maximum atomic E-state index is 13.6. The van der Waals surface area contributed by atoms with Crippen molar-refractivity contribution in [2.75, 3.05) is 0 Å². The molecular weight excluding hydrogens is 388 g/mol. The number of primary amides is 1. The van der Waals surface area contributed by atoms with Crippen LogP contribution in [0.4, 0.5) is 0 Å². The summed E-state index contributed by atoms with van der Waals surface area (Å²) in [6.45, 7) is 6.31. The molecule has 2 aromatic carbocycles. The first-order chi connectivity index (χ1) is 14.8. The molecule has 0 saturated carbocycles. The summed E-state index contributed by atoms with van der Waals surface area (Å²) in [6.07, 6.45) is 0. The number of carbonyl (C=O) groups is 1. The summed E-state index contributed by atoms with van der Waals surface area (Å²) in [6, 6.07) is 19.5. The van der Waals surface area contributed by atoms with Crippen molar-refractivity contribution >= 4 is 5.91 Å². The highest BCUT2D eigenvalue weighted by Gasteiger charge is 2.28. The van der Waals surface area contributed by atoms with Gasteiger partial charge in [0.2, 0.25) is 0 Å². The van der Waals surface area contributed by atoms with Crippen molar-refractivity contribution in [1.29, 1.82) is 0 Å². The maximum absolute atomic E-state index is 13.6. The van der Waals surface area contributed by atoms with E-state index in [2.05, 4.69) is 4.57 Å². The van der Waals surface area contributed by atoms with Gasteiger partial charge in [-0.25, -0.2) is 4.68 Å². The topological polar surface area (TPSA) is 75.0 Å². The zero-order chi connectivity index (χ0) is 22.3. The molecule has 0 aliphatic heterocycles. The van der Waals surface area contributed by atoms with Gasteiger partial charge in [0.15, 0.2) is 0 Å². The molecule has 1 amide bonds. The molecule has 0 spiro atoms. The predicted molar refractivity (Wildman–Crippen MR) is 123 cm³/mol. The number of carbonyl (C=O) groups excluding carboxylic acids is 1. The largest absolute Gasteiger partial charge is 0.366 e. The summed E-state index contributed by atoms with van der Waals surface area (Å²) in [5.74, 6) is -0.531. The molecule has 0 bridgehead atoms. The van der Waals surface area contributed by atoms with E-state index in [0.717, 1.165) is 28.3 Å². The number of nitrogens with zero attached hydrogens (tertiary/aromatic N) is 3. The predicted octanol–water partition coefficient (Wildman–Crippen LogP) is 3.72. The van der Waals surface area contributed by atoms with Gasteiger partial charge in [-0.3, -0.25) is 14.3 Å². The minimum absolute atomic E-state index is 0.173. The maximum Gasteiger partial charge on any atom is 0.279 e. The second-order valence-electron chi connectivity index (χ2n) is 7.79. The number of para-hydroxylation sites is 1. The van der Waals surface area contributed by atoms with Crippen LogP contribution in [0.5, 0.6) is 0 Å². The highest BCUT2D eigenvalue weighted by molar-refractivity contribution is 6.02. The van der Waals surface area contributed by atoms with Gasteiger partial charge < -0.3 is 10.3 Å². The van der Waals surface area contributed by atoms with Crippen LogP contribution in [0.15, 0.2) is 65.5 Å². The third kappa shape index (κ3) is 3.30. The van der Waals surface area contributed by atoms with E-state index < -0.39 is 5.91 Å². The Morgan fingerprint density at radius 3 is 2.00 bits per heavy atom. The summed E-state index contributed by atoms with van der Waals surface area (Å²) < 4.78 is 5.50. The molecule has 2 N–H and O–H groups in total. The highest BCUT2D eigenvalue weighted by Crippen LogP contribution is 2.33. The number of hydrogen-bond donors (Lipinski definition) is 1. The molecule has 6 heteroatoms. The fourth-order valence-electron chi connectivity index (χ4n) is 4.35. The molecular formula is C25H26N4O2. The Labute approximate surface area is 181 Å². The van der Waals surface area contributed by atoms with Crippen molar-refractivity contribution in [2.24, 2.45) is 12.8 Å². The molecule has 2 heterocycles. The van der Waals surface area contributed by atoms with Crippen molar-refractivity contribution in [3.63, 3.8) is 0 Å². The number of benzene rings is 2. The monoisotopic (exact) mass is 414 g/mol. The fourth-order valence-corrected chi connectivity index (χ4v) is 4.35. The van der Waals surface area contributed by atoms with Crippen LogP contribution in [0.3, 0.4) is 0 Å². The van der Waals surface area contributed by atoms with Crippen LogP contribution < -0.4 is 11.3 Å². The Morgan fingerprint density at radius 2 is 1.42 bits per heavy atom. The first kappa shape index (κ1) is 20.5. The van der Waals surface area contributed by atoms with E-state index in [-0.39, 0.29) is 5.56 Å². The second kappa shape index (κ2) is 7.80. The lowest BCUT2D eigenvalue weighted by Gasteiger charge is -2.10. The summed E-state index contributed by atoms with van der Waals surface area (Å²) in [4.78, 5) is 26.1. The molecule has 0 fully saturated rings. The van der Waals surface area contributed by atoms with E-state index >= 15 is 0 Å². The van der Waals surface area contributed by atoms with Gasteiger partial charge in [0.1, 0.15) is 0 Å². The Balaban J connectivity index is 1.98. The van der Waals surface area contributed by atoms with Crippen molar-refractivity contribution < 1.29 is 4.79 Å². The van der Waals surface area contributed by atoms with Crippen LogP contribution in [0.1, 0.15) is 33.0 Å². The Hall–Kier alpha value is -3.80. The van der Waals surface area contributed by atoms with Gasteiger partial charge in [-0.15, -0.1) is 0 Å². The first-order valence-electron chi connectivity index (χ1n) is 10.2. The van der Waals surface area contributed by atoms with Crippen LogP contribution in [0.2, 0.25) is 0 Å². The third-order valence-electron chi connectivity index (χ3n) is 6.02. The van der Waals surface area contributed by atoms with Gasteiger partial charge in [0, 0.05) is 36.2 Å². The van der Waals surface area contributed by atoms with Crippen molar-refractivity contribution in [3.8, 4) is 16.8 Å². The molecule has 0 aliphatic rings. The molecule has 4 aromatic rings. The Morgan fingerprint density at radius 1 is 0.839 bits per heavy atom. The Kier molecular flexibility index (Phi) is 5.15. The minimum atomic E-state index is -0.531. The van der Waals surface area contributed by atoms with Crippen LogP contribution in [0.25, 0.3) is 16.8 Å². The van der Waals surface area contributed by atoms with Gasteiger partial charge in [-0.2, -0.15) is 0 Å². The lowest BCUT2D eigenvalue weighted by molar-refractivity contribution is 0.1000. The molecule has 158 valence electrons. The summed E-state index contributed by atoms with van der Waals surface area (Å²) in [5.41, 5.74) is 11.4. The summed E-state index contributed by atoms with van der Waals surface area (Å²) in [5, 5.41) is 0. The van der Waals surface area contributed by atoms with Crippen molar-refractivity contribution in [1.82, 2.24) is 13.9 Å². The van der Waals surface area contributed by atoms with Gasteiger partial charge >= 0.3 is 0 Å². The number of amides is 1. The lowest BCUT2D eigenvalue weighted by atomic mass is 10.0. The van der Waals surface area contributed by atoms with E-state index in [9.17, 15) is 9.59 Å². The van der Waals surface area contributed by atoms with Crippen LogP contribution >= 0.6 is 0 Å². The molecule has 0 atom stereocenters. The minimum Gasteiger partial charge on any atom is -0.366 e. The molecule has 31 heavy (non-hydrogen) atoms. The fraction of sp³-hybridized carbons (Fsp3) is 0.200. The number of nitrogens with two attached hydrogens (primary N) is 1. The normalized spacial score (nSPS) is 11.1. The van der Waals surface area contributed by atoms with E-state index in [4.69, 9.17) is 5.73 Å². The van der Waals surface area contributed by atoms with Gasteiger partial charge in [0.05, 0.1) is 16.8 Å². The Bertz CT molecular complexity index is 1330. The molecule has 0 unspecified atom stereocenters. The first-order valence-corrected chi connectivity index (χ1v) is 10.2. The van der Waals surface area contributed by atoms with Crippen LogP contribution in [0, 0.1) is 20.8 Å².